The lowest BCUT2D eigenvalue weighted by atomic mass is 9.82. The van der Waals surface area contributed by atoms with Crippen molar-refractivity contribution in [1.29, 1.82) is 0 Å². The highest BCUT2D eigenvalue weighted by atomic mass is 19.1. The van der Waals surface area contributed by atoms with Crippen LogP contribution in [0.5, 0.6) is 5.75 Å². The van der Waals surface area contributed by atoms with Crippen molar-refractivity contribution in [2.24, 2.45) is 0 Å². The first-order valence-electron chi connectivity index (χ1n) is 13.5. The van der Waals surface area contributed by atoms with Crippen LogP contribution in [0.15, 0.2) is 30.3 Å². The van der Waals surface area contributed by atoms with Crippen LogP contribution in [-0.2, 0) is 31.3 Å². The van der Waals surface area contributed by atoms with E-state index in [1.54, 1.807) is 6.07 Å². The highest BCUT2D eigenvalue weighted by molar-refractivity contribution is 5.96. The molecule has 1 amide bonds. The number of ether oxygens (including phenoxy) is 1. The Bertz CT molecular complexity index is 1410. The van der Waals surface area contributed by atoms with Gasteiger partial charge in [0.2, 0.25) is 0 Å². The summed E-state index contributed by atoms with van der Waals surface area (Å²) in [7, 11) is 0. The molecule has 37 heavy (non-hydrogen) atoms. The lowest BCUT2D eigenvalue weighted by Gasteiger charge is -2.25. The van der Waals surface area contributed by atoms with Gasteiger partial charge >= 0.3 is 0 Å². The Hall–Kier alpha value is -3.14. The molecule has 0 atom stereocenters. The van der Waals surface area contributed by atoms with E-state index in [0.29, 0.717) is 25.4 Å². The van der Waals surface area contributed by atoms with Crippen molar-refractivity contribution in [3.05, 3.63) is 86.2 Å². The first kappa shape index (κ1) is 25.5. The fraction of sp³-hybridized carbons (Fsp3) is 0.424. The predicted molar refractivity (Wildman–Crippen MR) is 148 cm³/mol. The van der Waals surface area contributed by atoms with Gasteiger partial charge in [-0.05, 0) is 108 Å². The molecule has 0 unspecified atom stereocenters. The zero-order chi connectivity index (χ0) is 26.6. The van der Waals surface area contributed by atoms with E-state index in [0.717, 1.165) is 58.2 Å². The molecular formula is C33H38FNO2. The molecule has 3 aromatic rings. The average molecular weight is 500 g/mol. The van der Waals surface area contributed by atoms with Gasteiger partial charge in [-0.25, -0.2) is 4.39 Å². The van der Waals surface area contributed by atoms with Crippen molar-refractivity contribution in [3.63, 3.8) is 0 Å². The molecule has 3 aromatic carbocycles. The molecule has 5 rings (SSSR count). The van der Waals surface area contributed by atoms with E-state index in [4.69, 9.17) is 4.74 Å². The van der Waals surface area contributed by atoms with Gasteiger partial charge in [0.25, 0.3) is 5.91 Å². The summed E-state index contributed by atoms with van der Waals surface area (Å²) in [5.41, 5.74) is 12.0. The molecule has 0 spiro atoms. The monoisotopic (exact) mass is 499 g/mol. The maximum Gasteiger partial charge on any atom is 0.254 e. The molecule has 4 heteroatoms. The lowest BCUT2D eigenvalue weighted by Crippen LogP contribution is -2.28. The van der Waals surface area contributed by atoms with Crippen molar-refractivity contribution >= 4 is 5.91 Å². The van der Waals surface area contributed by atoms with Gasteiger partial charge in [0.15, 0.2) is 11.6 Å². The van der Waals surface area contributed by atoms with Crippen LogP contribution >= 0.6 is 0 Å². The van der Waals surface area contributed by atoms with Crippen LogP contribution in [0.2, 0.25) is 0 Å². The second-order valence-electron chi connectivity index (χ2n) is 11.7. The van der Waals surface area contributed by atoms with Gasteiger partial charge < -0.3 is 9.64 Å². The van der Waals surface area contributed by atoms with Crippen LogP contribution in [0.1, 0.15) is 89.0 Å². The van der Waals surface area contributed by atoms with Gasteiger partial charge in [-0.2, -0.15) is 0 Å². The van der Waals surface area contributed by atoms with Crippen LogP contribution in [-0.4, -0.2) is 17.4 Å². The summed E-state index contributed by atoms with van der Waals surface area (Å²) in [6.07, 6.45) is 2.60. The minimum atomic E-state index is -0.273. The van der Waals surface area contributed by atoms with Crippen LogP contribution in [0.25, 0.3) is 11.1 Å². The zero-order valence-corrected chi connectivity index (χ0v) is 23.3. The Morgan fingerprint density at radius 2 is 1.68 bits per heavy atom. The summed E-state index contributed by atoms with van der Waals surface area (Å²) in [6, 6.07) is 9.65. The SMILES string of the molecule is CCc1c(C)c2c(c(C)c1-c1cc(F)c3c(c1C)CCCO3)CN(C(=O)c1ccccc1C(C)(C)C)C2. The van der Waals surface area contributed by atoms with Gasteiger partial charge in [-0.1, -0.05) is 45.9 Å². The third-order valence-corrected chi connectivity index (χ3v) is 8.41. The summed E-state index contributed by atoms with van der Waals surface area (Å²) in [6.45, 7) is 16.8. The molecule has 2 heterocycles. The van der Waals surface area contributed by atoms with Crippen molar-refractivity contribution < 1.29 is 13.9 Å². The standard InChI is InChI=1S/C33H38FNO2/c1-8-22-19(2)26-17-35(32(36)24-12-9-10-14-28(24)33(5,6)7)18-27(26)21(4)30(22)25-16-29(34)31-23(20(25)3)13-11-15-37-31/h9-10,12,14,16H,8,11,13,15,17-18H2,1-7H3. The molecule has 0 aromatic heterocycles. The smallest absolute Gasteiger partial charge is 0.254 e. The zero-order valence-electron chi connectivity index (χ0n) is 23.3. The Labute approximate surface area is 220 Å². The number of carbonyl (C=O) groups excluding carboxylic acids is 1. The van der Waals surface area contributed by atoms with Crippen LogP contribution in [0.4, 0.5) is 4.39 Å². The highest BCUT2D eigenvalue weighted by Gasteiger charge is 2.33. The number of hydrogen-bond donors (Lipinski definition) is 0. The maximum absolute atomic E-state index is 15.3. The lowest BCUT2D eigenvalue weighted by molar-refractivity contribution is 0.0748. The number of hydrogen-bond acceptors (Lipinski definition) is 2. The second-order valence-corrected chi connectivity index (χ2v) is 11.7. The van der Waals surface area contributed by atoms with Gasteiger partial charge in [-0.3, -0.25) is 4.79 Å². The van der Waals surface area contributed by atoms with E-state index in [2.05, 4.69) is 54.5 Å². The van der Waals surface area contributed by atoms with Crippen molar-refractivity contribution in [1.82, 2.24) is 4.90 Å². The fourth-order valence-corrected chi connectivity index (χ4v) is 6.43. The molecule has 0 N–H and O–H groups in total. The molecule has 3 nitrogen and oxygen atoms in total. The van der Waals surface area contributed by atoms with Crippen LogP contribution in [0, 0.1) is 26.6 Å². The normalized spacial score (nSPS) is 14.9. The average Bonchev–Trinajstić information content (AvgIpc) is 3.34. The summed E-state index contributed by atoms with van der Waals surface area (Å²) >= 11 is 0. The van der Waals surface area contributed by atoms with Crippen molar-refractivity contribution in [3.8, 4) is 16.9 Å². The van der Waals surface area contributed by atoms with Crippen molar-refractivity contribution in [2.45, 2.75) is 86.2 Å². The van der Waals surface area contributed by atoms with E-state index in [1.165, 1.54) is 22.3 Å². The number of nitrogens with zero attached hydrogens (tertiary/aromatic N) is 1. The Kier molecular flexibility index (Phi) is 6.42. The number of carbonyl (C=O) groups is 1. The number of amides is 1. The number of benzene rings is 3. The molecule has 2 aliphatic heterocycles. The second kappa shape index (κ2) is 9.31. The molecule has 194 valence electrons. The highest BCUT2D eigenvalue weighted by Crippen LogP contribution is 2.44. The first-order valence-corrected chi connectivity index (χ1v) is 13.5. The van der Waals surface area contributed by atoms with Crippen LogP contribution < -0.4 is 4.74 Å². The van der Waals surface area contributed by atoms with E-state index in [1.807, 2.05) is 23.1 Å². The van der Waals surface area contributed by atoms with Gasteiger partial charge in [-0.15, -0.1) is 0 Å². The number of halogens is 1. The van der Waals surface area contributed by atoms with E-state index >= 15 is 4.39 Å². The maximum atomic E-state index is 15.3. The predicted octanol–water partition coefficient (Wildman–Crippen LogP) is 7.76. The Balaban J connectivity index is 1.61. The molecule has 0 saturated heterocycles. The minimum absolute atomic E-state index is 0.0771. The first-order chi connectivity index (χ1) is 17.5. The molecule has 0 fully saturated rings. The van der Waals surface area contributed by atoms with E-state index < -0.39 is 0 Å². The van der Waals surface area contributed by atoms with Gasteiger partial charge in [0.05, 0.1) is 6.61 Å². The molecule has 0 saturated carbocycles. The quantitative estimate of drug-likeness (QED) is 0.369. The summed E-state index contributed by atoms with van der Waals surface area (Å²) in [4.78, 5) is 15.8. The third-order valence-electron chi connectivity index (χ3n) is 8.41. The number of fused-ring (bicyclic) bond motifs is 2. The van der Waals surface area contributed by atoms with E-state index in [-0.39, 0.29) is 17.1 Å². The van der Waals surface area contributed by atoms with E-state index in [9.17, 15) is 4.79 Å². The molecular weight excluding hydrogens is 461 g/mol. The molecule has 0 bridgehead atoms. The molecule has 0 radical (unpaired) electrons. The van der Waals surface area contributed by atoms with Crippen molar-refractivity contribution in [2.75, 3.05) is 6.61 Å². The van der Waals surface area contributed by atoms with Crippen LogP contribution in [0.3, 0.4) is 0 Å². The van der Waals surface area contributed by atoms with Gasteiger partial charge in [0.1, 0.15) is 0 Å². The largest absolute Gasteiger partial charge is 0.490 e. The van der Waals surface area contributed by atoms with Gasteiger partial charge in [0, 0.05) is 24.2 Å². The topological polar surface area (TPSA) is 29.5 Å². The summed E-state index contributed by atoms with van der Waals surface area (Å²) < 4.78 is 21.0. The number of rotatable bonds is 3. The molecule has 2 aliphatic rings. The third kappa shape index (κ3) is 4.15. The Morgan fingerprint density at radius 3 is 2.35 bits per heavy atom. The fourth-order valence-electron chi connectivity index (χ4n) is 6.43. The summed E-state index contributed by atoms with van der Waals surface area (Å²) in [5, 5.41) is 0. The minimum Gasteiger partial charge on any atom is -0.490 e. The molecule has 0 aliphatic carbocycles. The Morgan fingerprint density at radius 1 is 1.00 bits per heavy atom. The summed E-state index contributed by atoms with van der Waals surface area (Å²) in [5.74, 6) is 0.231.